The summed E-state index contributed by atoms with van der Waals surface area (Å²) < 4.78 is 32.2. The van der Waals surface area contributed by atoms with Crippen LogP contribution in [0.15, 0.2) is 23.1 Å². The van der Waals surface area contributed by atoms with Crippen molar-refractivity contribution in [3.8, 4) is 5.75 Å². The number of hydrogen-bond donors (Lipinski definition) is 1. The van der Waals surface area contributed by atoms with Crippen molar-refractivity contribution in [3.05, 3.63) is 28.3 Å². The summed E-state index contributed by atoms with van der Waals surface area (Å²) in [5.74, 6) is 0.465. The Kier molecular flexibility index (Phi) is 7.44. The van der Waals surface area contributed by atoms with Crippen LogP contribution in [0.25, 0.3) is 0 Å². The zero-order valence-electron chi connectivity index (χ0n) is 13.7. The van der Waals surface area contributed by atoms with E-state index in [1.807, 2.05) is 6.92 Å². The minimum Gasteiger partial charge on any atom is -0.497 e. The third-order valence-corrected chi connectivity index (χ3v) is 5.23. The highest BCUT2D eigenvalue weighted by molar-refractivity contribution is 7.89. The van der Waals surface area contributed by atoms with Crippen LogP contribution in [0.1, 0.15) is 39.5 Å². The van der Waals surface area contributed by atoms with Crippen molar-refractivity contribution in [3.63, 3.8) is 0 Å². The van der Waals surface area contributed by atoms with Gasteiger partial charge in [0, 0.05) is 6.54 Å². The van der Waals surface area contributed by atoms with Gasteiger partial charge >= 0.3 is 0 Å². The van der Waals surface area contributed by atoms with Crippen molar-refractivity contribution in [1.29, 1.82) is 0 Å². The van der Waals surface area contributed by atoms with Crippen molar-refractivity contribution in [1.82, 2.24) is 4.72 Å². The highest BCUT2D eigenvalue weighted by Gasteiger charge is 2.26. The van der Waals surface area contributed by atoms with E-state index in [4.69, 9.17) is 4.74 Å². The van der Waals surface area contributed by atoms with E-state index in [1.165, 1.54) is 19.2 Å². The number of nitro groups is 1. The number of ether oxygens (including phenoxy) is 1. The first kappa shape index (κ1) is 19.4. The van der Waals surface area contributed by atoms with Crippen LogP contribution >= 0.6 is 0 Å². The molecule has 0 heterocycles. The zero-order chi connectivity index (χ0) is 17.5. The molecule has 1 N–H and O–H groups in total. The number of methoxy groups -OCH3 is 1. The Morgan fingerprint density at radius 3 is 2.57 bits per heavy atom. The molecule has 1 unspecified atom stereocenters. The monoisotopic (exact) mass is 344 g/mol. The summed E-state index contributed by atoms with van der Waals surface area (Å²) in [6.07, 6.45) is 3.86. The molecule has 0 aliphatic carbocycles. The van der Waals surface area contributed by atoms with Gasteiger partial charge in [-0.15, -0.1) is 0 Å². The Morgan fingerprint density at radius 1 is 1.35 bits per heavy atom. The molecule has 0 aliphatic rings. The summed E-state index contributed by atoms with van der Waals surface area (Å²) in [6, 6.07) is 3.71. The Balaban J connectivity index is 2.97. The second-order valence-electron chi connectivity index (χ2n) is 5.36. The van der Waals surface area contributed by atoms with E-state index < -0.39 is 20.6 Å². The highest BCUT2D eigenvalue weighted by atomic mass is 32.2. The highest BCUT2D eigenvalue weighted by Crippen LogP contribution is 2.28. The summed E-state index contributed by atoms with van der Waals surface area (Å²) >= 11 is 0. The van der Waals surface area contributed by atoms with Crippen LogP contribution in [0.2, 0.25) is 0 Å². The van der Waals surface area contributed by atoms with Crippen LogP contribution < -0.4 is 9.46 Å². The lowest BCUT2D eigenvalue weighted by Gasteiger charge is -2.15. The van der Waals surface area contributed by atoms with E-state index in [0.29, 0.717) is 0 Å². The molecule has 0 aromatic heterocycles. The van der Waals surface area contributed by atoms with Gasteiger partial charge in [0.1, 0.15) is 5.75 Å². The lowest BCUT2D eigenvalue weighted by molar-refractivity contribution is -0.387. The number of nitro benzene ring substituents is 1. The van der Waals surface area contributed by atoms with Gasteiger partial charge in [-0.3, -0.25) is 10.1 Å². The Bertz CT molecular complexity index is 631. The topological polar surface area (TPSA) is 98.5 Å². The number of nitrogens with zero attached hydrogens (tertiary/aromatic N) is 1. The summed E-state index contributed by atoms with van der Waals surface area (Å²) in [4.78, 5) is 10.1. The van der Waals surface area contributed by atoms with E-state index >= 15 is 0 Å². The van der Waals surface area contributed by atoms with Gasteiger partial charge in [0.2, 0.25) is 10.0 Å². The maximum Gasteiger partial charge on any atom is 0.293 e. The summed E-state index contributed by atoms with van der Waals surface area (Å²) in [5.41, 5.74) is -0.488. The number of nitrogens with one attached hydrogen (secondary N) is 1. The number of benzene rings is 1. The van der Waals surface area contributed by atoms with Gasteiger partial charge in [0.15, 0.2) is 4.90 Å². The molecule has 0 aliphatic heterocycles. The van der Waals surface area contributed by atoms with E-state index in [-0.39, 0.29) is 23.1 Å². The van der Waals surface area contributed by atoms with Gasteiger partial charge < -0.3 is 4.74 Å². The molecule has 23 heavy (non-hydrogen) atoms. The molecule has 0 bridgehead atoms. The molecule has 0 radical (unpaired) electrons. The van der Waals surface area contributed by atoms with Crippen LogP contribution in [0.4, 0.5) is 5.69 Å². The largest absolute Gasteiger partial charge is 0.497 e. The quantitative estimate of drug-likeness (QED) is 0.519. The molecular formula is C15H24N2O5S. The van der Waals surface area contributed by atoms with Gasteiger partial charge in [-0.25, -0.2) is 13.1 Å². The Morgan fingerprint density at radius 2 is 2.04 bits per heavy atom. The van der Waals surface area contributed by atoms with Crippen LogP contribution in [-0.4, -0.2) is 27.0 Å². The Hall–Kier alpha value is -1.67. The van der Waals surface area contributed by atoms with Gasteiger partial charge in [0.25, 0.3) is 5.69 Å². The molecule has 1 aromatic carbocycles. The number of hydrogen-bond acceptors (Lipinski definition) is 5. The first-order valence-corrected chi connectivity index (χ1v) is 9.16. The fourth-order valence-electron chi connectivity index (χ4n) is 2.24. The van der Waals surface area contributed by atoms with Crippen LogP contribution in [0, 0.1) is 16.0 Å². The maximum absolute atomic E-state index is 12.4. The molecule has 0 fully saturated rings. The average Bonchev–Trinajstić information content (AvgIpc) is 2.54. The summed E-state index contributed by atoms with van der Waals surface area (Å²) in [7, 11) is -2.57. The van der Waals surface area contributed by atoms with Crippen LogP contribution in [-0.2, 0) is 10.0 Å². The van der Waals surface area contributed by atoms with Gasteiger partial charge in [-0.1, -0.05) is 33.1 Å². The smallest absolute Gasteiger partial charge is 0.293 e. The van der Waals surface area contributed by atoms with Crippen LogP contribution in [0.5, 0.6) is 5.75 Å². The third-order valence-electron chi connectivity index (χ3n) is 3.76. The molecule has 1 aromatic rings. The lowest BCUT2D eigenvalue weighted by atomic mass is 10.00. The molecule has 7 nitrogen and oxygen atoms in total. The predicted octanol–water partition coefficient (Wildman–Crippen LogP) is 3.10. The second-order valence-corrected chi connectivity index (χ2v) is 7.09. The van der Waals surface area contributed by atoms with Crippen molar-refractivity contribution >= 4 is 15.7 Å². The van der Waals surface area contributed by atoms with Gasteiger partial charge in [-0.05, 0) is 24.5 Å². The molecule has 1 rings (SSSR count). The summed E-state index contributed by atoms with van der Waals surface area (Å²) in [5, 5.41) is 11.1. The van der Waals surface area contributed by atoms with Gasteiger partial charge in [-0.2, -0.15) is 0 Å². The minimum atomic E-state index is -3.94. The summed E-state index contributed by atoms with van der Waals surface area (Å²) in [6.45, 7) is 4.37. The SMILES string of the molecule is CCCCC(CC)CNS(=O)(=O)c1ccc(OC)cc1[N+](=O)[O-]. The third kappa shape index (κ3) is 5.47. The first-order chi connectivity index (χ1) is 10.9. The molecule has 8 heteroatoms. The van der Waals surface area contributed by atoms with Gasteiger partial charge in [0.05, 0.1) is 18.1 Å². The van der Waals surface area contributed by atoms with E-state index in [9.17, 15) is 18.5 Å². The molecule has 0 amide bonds. The van der Waals surface area contributed by atoms with Crippen molar-refractivity contribution in [2.75, 3.05) is 13.7 Å². The lowest BCUT2D eigenvalue weighted by Crippen LogP contribution is -2.29. The molecule has 1 atom stereocenters. The fraction of sp³-hybridized carbons (Fsp3) is 0.600. The standard InChI is InChI=1S/C15H24N2O5S/c1-4-6-7-12(5-2)11-16-23(20,21)15-9-8-13(22-3)10-14(15)17(18)19/h8-10,12,16H,4-7,11H2,1-3H3. The molecule has 0 saturated heterocycles. The molecular weight excluding hydrogens is 320 g/mol. The molecule has 130 valence electrons. The average molecular weight is 344 g/mol. The minimum absolute atomic E-state index is 0.224. The van der Waals surface area contributed by atoms with Crippen molar-refractivity contribution in [2.24, 2.45) is 5.92 Å². The van der Waals surface area contributed by atoms with Crippen LogP contribution in [0.3, 0.4) is 0 Å². The molecule has 0 saturated carbocycles. The maximum atomic E-state index is 12.4. The Labute approximate surface area is 137 Å². The van der Waals surface area contributed by atoms with Crippen molar-refractivity contribution in [2.45, 2.75) is 44.4 Å². The van der Waals surface area contributed by atoms with E-state index in [0.717, 1.165) is 31.7 Å². The number of unbranched alkanes of at least 4 members (excludes halogenated alkanes) is 1. The van der Waals surface area contributed by atoms with E-state index in [2.05, 4.69) is 11.6 Å². The molecule has 0 spiro atoms. The second kappa shape index (κ2) is 8.83. The number of rotatable bonds is 10. The number of sulfonamides is 1. The predicted molar refractivity (Wildman–Crippen MR) is 88.1 cm³/mol. The fourth-order valence-corrected chi connectivity index (χ4v) is 3.51. The van der Waals surface area contributed by atoms with E-state index in [1.54, 1.807) is 0 Å². The first-order valence-electron chi connectivity index (χ1n) is 7.67. The van der Waals surface area contributed by atoms with Crippen molar-refractivity contribution < 1.29 is 18.1 Å². The zero-order valence-corrected chi connectivity index (χ0v) is 14.6. The normalized spacial score (nSPS) is 12.8.